The summed E-state index contributed by atoms with van der Waals surface area (Å²) in [7, 11) is 1.67. The van der Waals surface area contributed by atoms with E-state index >= 15 is 0 Å². The average molecular weight is 394 g/mol. The van der Waals surface area contributed by atoms with Gasteiger partial charge in [-0.25, -0.2) is 0 Å². The number of aromatic nitrogens is 2. The van der Waals surface area contributed by atoms with Crippen molar-refractivity contribution in [2.24, 2.45) is 5.73 Å². The molecule has 0 unspecified atom stereocenters. The van der Waals surface area contributed by atoms with E-state index < -0.39 is 0 Å². The molecule has 28 heavy (non-hydrogen) atoms. The lowest BCUT2D eigenvalue weighted by Crippen LogP contribution is -1.99. The number of unbranched alkanes of at least 4 members (excludes halogenated alkanes) is 1. The number of benzene rings is 2. The second-order valence-corrected chi connectivity index (χ2v) is 7.46. The van der Waals surface area contributed by atoms with E-state index in [0.29, 0.717) is 6.54 Å². The number of rotatable bonds is 6. The van der Waals surface area contributed by atoms with Crippen LogP contribution < -0.4 is 10.5 Å². The molecular formula is C23H24ClN3O. The molecule has 4 rings (SSSR count). The van der Waals surface area contributed by atoms with Crippen LogP contribution in [0.4, 0.5) is 0 Å². The smallest absolute Gasteiger partial charge is 0.145 e. The molecule has 4 aromatic rings. The minimum atomic E-state index is 0.694. The number of fused-ring (bicyclic) bond motifs is 2. The van der Waals surface area contributed by atoms with Crippen LogP contribution in [0.3, 0.4) is 0 Å². The van der Waals surface area contributed by atoms with Crippen LogP contribution in [0, 0.1) is 6.92 Å². The van der Waals surface area contributed by atoms with Crippen LogP contribution in [0.2, 0.25) is 5.02 Å². The summed E-state index contributed by atoms with van der Waals surface area (Å²) >= 11 is 6.64. The average Bonchev–Trinajstić information content (AvgIpc) is 3.11. The number of pyridine rings is 1. The summed E-state index contributed by atoms with van der Waals surface area (Å²) in [6, 6.07) is 12.2. The highest BCUT2D eigenvalue weighted by Gasteiger charge is 2.19. The predicted molar refractivity (Wildman–Crippen MR) is 117 cm³/mol. The Balaban J connectivity index is 2.01. The third-order valence-corrected chi connectivity index (χ3v) is 5.63. The van der Waals surface area contributed by atoms with Crippen LogP contribution in [0.1, 0.15) is 24.0 Å². The first-order valence-corrected chi connectivity index (χ1v) is 9.95. The Morgan fingerprint density at radius 1 is 1.14 bits per heavy atom. The topological polar surface area (TPSA) is 63.9 Å². The van der Waals surface area contributed by atoms with Crippen LogP contribution in [0.25, 0.3) is 33.1 Å². The molecule has 0 atom stereocenters. The van der Waals surface area contributed by atoms with E-state index in [1.54, 1.807) is 13.3 Å². The van der Waals surface area contributed by atoms with Crippen molar-refractivity contribution in [1.82, 2.24) is 9.97 Å². The maximum Gasteiger partial charge on any atom is 0.145 e. The fourth-order valence-corrected chi connectivity index (χ4v) is 4.19. The molecule has 0 saturated heterocycles. The van der Waals surface area contributed by atoms with Crippen molar-refractivity contribution in [2.75, 3.05) is 13.7 Å². The van der Waals surface area contributed by atoms with Crippen LogP contribution in [0.15, 0.2) is 42.6 Å². The van der Waals surface area contributed by atoms with Gasteiger partial charge in [-0.05, 0) is 68.1 Å². The van der Waals surface area contributed by atoms with Crippen molar-refractivity contribution in [1.29, 1.82) is 0 Å². The molecule has 5 heteroatoms. The monoisotopic (exact) mass is 393 g/mol. The van der Waals surface area contributed by atoms with Gasteiger partial charge in [0.05, 0.1) is 23.3 Å². The molecule has 0 aliphatic carbocycles. The quantitative estimate of drug-likeness (QED) is 0.417. The largest absolute Gasteiger partial charge is 0.494 e. The number of ether oxygens (including phenoxy) is 1. The van der Waals surface area contributed by atoms with Crippen LogP contribution in [-0.2, 0) is 6.42 Å². The highest BCUT2D eigenvalue weighted by Crippen LogP contribution is 2.40. The maximum atomic E-state index is 6.64. The van der Waals surface area contributed by atoms with Crippen LogP contribution >= 0.6 is 11.6 Å². The van der Waals surface area contributed by atoms with Gasteiger partial charge in [0.2, 0.25) is 0 Å². The van der Waals surface area contributed by atoms with Gasteiger partial charge in [-0.2, -0.15) is 0 Å². The standard InChI is InChI=1S/C23H24ClN3O/c1-14-8-10-18(24)20-17(6-3-4-12-25)22(27-21(14)20)16-9-11-19(28-2)23-15(16)7-5-13-26-23/h5,7-11,13,27H,3-4,6,12,25H2,1-2H3. The SMILES string of the molecule is COc1ccc(-c2[nH]c3c(C)ccc(Cl)c3c2CCCCN)c2cccnc12. The second-order valence-electron chi connectivity index (χ2n) is 7.05. The van der Waals surface area contributed by atoms with Gasteiger partial charge in [0, 0.05) is 22.5 Å². The van der Waals surface area contributed by atoms with E-state index in [0.717, 1.165) is 63.1 Å². The Morgan fingerprint density at radius 3 is 2.79 bits per heavy atom. The van der Waals surface area contributed by atoms with E-state index in [1.807, 2.05) is 18.2 Å². The Kier molecular flexibility index (Phi) is 5.25. The number of methoxy groups -OCH3 is 1. The highest BCUT2D eigenvalue weighted by atomic mass is 35.5. The van der Waals surface area contributed by atoms with Gasteiger partial charge in [-0.1, -0.05) is 23.7 Å². The van der Waals surface area contributed by atoms with Gasteiger partial charge in [-0.15, -0.1) is 0 Å². The minimum absolute atomic E-state index is 0.694. The van der Waals surface area contributed by atoms with Crippen molar-refractivity contribution in [3.63, 3.8) is 0 Å². The summed E-state index contributed by atoms with van der Waals surface area (Å²) in [5.74, 6) is 0.773. The minimum Gasteiger partial charge on any atom is -0.494 e. The van der Waals surface area contributed by atoms with E-state index in [1.165, 1.54) is 11.1 Å². The lowest BCUT2D eigenvalue weighted by molar-refractivity contribution is 0.419. The van der Waals surface area contributed by atoms with E-state index in [2.05, 4.69) is 35.1 Å². The summed E-state index contributed by atoms with van der Waals surface area (Å²) < 4.78 is 5.52. The summed E-state index contributed by atoms with van der Waals surface area (Å²) in [6.07, 6.45) is 4.72. The van der Waals surface area contributed by atoms with Gasteiger partial charge in [0.15, 0.2) is 0 Å². The lowest BCUT2D eigenvalue weighted by atomic mass is 9.97. The zero-order valence-electron chi connectivity index (χ0n) is 16.2. The number of hydrogen-bond donors (Lipinski definition) is 2. The number of aryl methyl sites for hydroxylation is 2. The molecule has 4 nitrogen and oxygen atoms in total. The number of halogens is 1. The van der Waals surface area contributed by atoms with Gasteiger partial charge in [0.25, 0.3) is 0 Å². The van der Waals surface area contributed by atoms with Gasteiger partial charge in [0.1, 0.15) is 11.3 Å². The fourth-order valence-electron chi connectivity index (χ4n) is 3.92. The zero-order valence-corrected chi connectivity index (χ0v) is 16.9. The van der Waals surface area contributed by atoms with Crippen molar-refractivity contribution in [2.45, 2.75) is 26.2 Å². The first-order chi connectivity index (χ1) is 13.7. The molecular weight excluding hydrogens is 370 g/mol. The first-order valence-electron chi connectivity index (χ1n) is 9.57. The lowest BCUT2D eigenvalue weighted by Gasteiger charge is -2.11. The Morgan fingerprint density at radius 2 is 2.00 bits per heavy atom. The van der Waals surface area contributed by atoms with Crippen LogP contribution in [-0.4, -0.2) is 23.6 Å². The molecule has 2 aromatic carbocycles. The molecule has 3 N–H and O–H groups in total. The van der Waals surface area contributed by atoms with Gasteiger partial charge in [-0.3, -0.25) is 4.98 Å². The summed E-state index contributed by atoms with van der Waals surface area (Å²) in [4.78, 5) is 8.21. The Hall–Kier alpha value is -2.56. The van der Waals surface area contributed by atoms with Crippen LogP contribution in [0.5, 0.6) is 5.75 Å². The van der Waals surface area contributed by atoms with Crippen molar-refractivity contribution in [3.8, 4) is 17.0 Å². The highest BCUT2D eigenvalue weighted by molar-refractivity contribution is 6.36. The first kappa shape index (κ1) is 18.8. The van der Waals surface area contributed by atoms with Crippen molar-refractivity contribution >= 4 is 33.4 Å². The van der Waals surface area contributed by atoms with Crippen molar-refractivity contribution < 1.29 is 4.74 Å². The molecule has 2 aromatic heterocycles. The Bertz CT molecular complexity index is 1150. The van der Waals surface area contributed by atoms with Crippen molar-refractivity contribution in [3.05, 3.63) is 58.7 Å². The molecule has 0 aliphatic rings. The number of nitrogens with zero attached hydrogens (tertiary/aromatic N) is 1. The molecule has 0 spiro atoms. The molecule has 0 saturated carbocycles. The normalized spacial score (nSPS) is 11.4. The van der Waals surface area contributed by atoms with E-state index in [-0.39, 0.29) is 0 Å². The molecule has 0 radical (unpaired) electrons. The van der Waals surface area contributed by atoms with E-state index in [9.17, 15) is 0 Å². The Labute approximate surface area is 169 Å². The second kappa shape index (κ2) is 7.82. The molecule has 0 fully saturated rings. The summed E-state index contributed by atoms with van der Waals surface area (Å²) in [5.41, 5.74) is 12.3. The van der Waals surface area contributed by atoms with E-state index in [4.69, 9.17) is 22.1 Å². The fraction of sp³-hybridized carbons (Fsp3) is 0.261. The summed E-state index contributed by atoms with van der Waals surface area (Å²) in [6.45, 7) is 2.80. The summed E-state index contributed by atoms with van der Waals surface area (Å²) in [5, 5.41) is 2.95. The third kappa shape index (κ3) is 3.13. The molecule has 0 aliphatic heterocycles. The molecule has 0 amide bonds. The number of H-pyrrole nitrogens is 1. The molecule has 0 bridgehead atoms. The number of aromatic amines is 1. The third-order valence-electron chi connectivity index (χ3n) is 5.32. The number of nitrogens with one attached hydrogen (secondary N) is 1. The predicted octanol–water partition coefficient (Wildman–Crippen LogP) is 5.63. The van der Waals surface area contributed by atoms with Gasteiger partial charge >= 0.3 is 0 Å². The zero-order chi connectivity index (χ0) is 19.7. The number of hydrogen-bond acceptors (Lipinski definition) is 3. The molecule has 2 heterocycles. The maximum absolute atomic E-state index is 6.64. The molecule has 144 valence electrons. The number of nitrogens with two attached hydrogens (primary N) is 1. The van der Waals surface area contributed by atoms with Gasteiger partial charge < -0.3 is 15.5 Å².